The Bertz CT molecular complexity index is 1720. The first-order valence-electron chi connectivity index (χ1n) is 14.1. The molecule has 6 rings (SSSR count). The highest BCUT2D eigenvalue weighted by Crippen LogP contribution is 2.34. The quantitative estimate of drug-likeness (QED) is 0.152. The van der Waals surface area contributed by atoms with E-state index in [1.807, 2.05) is 6.07 Å². The molecule has 0 atom stereocenters. The first-order valence-corrected chi connectivity index (χ1v) is 14.1. The van der Waals surface area contributed by atoms with Crippen LogP contribution < -0.4 is 15.4 Å². The van der Waals surface area contributed by atoms with Crippen molar-refractivity contribution in [3.63, 3.8) is 0 Å². The number of nitrogens with one attached hydrogen (secondary N) is 2. The summed E-state index contributed by atoms with van der Waals surface area (Å²) in [6.45, 7) is 9.37. The second-order valence-corrected chi connectivity index (χ2v) is 11.0. The fraction of sp³-hybridized carbons (Fsp3) is 0.355. The molecule has 10 nitrogen and oxygen atoms in total. The lowest BCUT2D eigenvalue weighted by Crippen LogP contribution is -2.31. The minimum absolute atomic E-state index is 0.111. The van der Waals surface area contributed by atoms with E-state index >= 15 is 0 Å². The standard InChI is InChI=1S/C31H34N6O4/c1-18(2)30-35-28-26(14-25(15-27(28)40-31(38)39)33-16-20-8-10-32-11-9-20)37(30)17-21-4-5-22-6-7-23(13-24(22)12-21)29-34-19(3)41-36-29/h4-7,12-15,18,20,32-33H,8-11,16-17H2,1-3H3,(H,38,39). The Labute approximate surface area is 237 Å². The van der Waals surface area contributed by atoms with Crippen molar-refractivity contribution in [1.82, 2.24) is 25.0 Å². The average Bonchev–Trinajstić information content (AvgIpc) is 3.56. The van der Waals surface area contributed by atoms with Gasteiger partial charge in [0, 0.05) is 43.2 Å². The second-order valence-electron chi connectivity index (χ2n) is 11.0. The molecule has 0 bridgehead atoms. The van der Waals surface area contributed by atoms with Crippen molar-refractivity contribution >= 4 is 33.6 Å². The average molecular weight is 555 g/mol. The number of hydrogen-bond acceptors (Lipinski definition) is 8. The molecule has 1 saturated heterocycles. The molecule has 3 aromatic carbocycles. The van der Waals surface area contributed by atoms with E-state index < -0.39 is 6.16 Å². The zero-order chi connectivity index (χ0) is 28.5. The molecule has 2 aromatic heterocycles. The molecule has 0 amide bonds. The number of hydrogen-bond donors (Lipinski definition) is 3. The van der Waals surface area contributed by atoms with E-state index in [-0.39, 0.29) is 11.7 Å². The molecule has 0 aliphatic carbocycles. The van der Waals surface area contributed by atoms with E-state index in [1.54, 1.807) is 13.0 Å². The third-order valence-corrected chi connectivity index (χ3v) is 7.65. The Morgan fingerprint density at radius 1 is 1.12 bits per heavy atom. The molecule has 41 heavy (non-hydrogen) atoms. The number of carboxylic acid groups (broad SMARTS) is 1. The minimum Gasteiger partial charge on any atom is -0.449 e. The molecule has 1 fully saturated rings. The number of aromatic nitrogens is 4. The van der Waals surface area contributed by atoms with Gasteiger partial charge in [-0.3, -0.25) is 0 Å². The van der Waals surface area contributed by atoms with E-state index in [0.29, 0.717) is 29.7 Å². The summed E-state index contributed by atoms with van der Waals surface area (Å²) in [5.74, 6) is 2.86. The van der Waals surface area contributed by atoms with Crippen LogP contribution in [-0.4, -0.2) is 50.6 Å². The van der Waals surface area contributed by atoms with Gasteiger partial charge in [0.2, 0.25) is 11.7 Å². The lowest BCUT2D eigenvalue weighted by atomic mass is 9.98. The van der Waals surface area contributed by atoms with Crippen LogP contribution in [0.15, 0.2) is 53.1 Å². The van der Waals surface area contributed by atoms with Crippen LogP contribution in [0.25, 0.3) is 33.2 Å². The number of rotatable bonds is 8. The molecule has 212 valence electrons. The fourth-order valence-corrected chi connectivity index (χ4v) is 5.57. The van der Waals surface area contributed by atoms with Crippen LogP contribution in [0.4, 0.5) is 10.5 Å². The Morgan fingerprint density at radius 2 is 1.93 bits per heavy atom. The van der Waals surface area contributed by atoms with Crippen molar-refractivity contribution < 1.29 is 19.2 Å². The van der Waals surface area contributed by atoms with Crippen LogP contribution in [0.3, 0.4) is 0 Å². The van der Waals surface area contributed by atoms with Gasteiger partial charge in [-0.15, -0.1) is 0 Å². The molecule has 1 aliphatic heterocycles. The van der Waals surface area contributed by atoms with Crippen LogP contribution in [0.2, 0.25) is 0 Å². The van der Waals surface area contributed by atoms with Gasteiger partial charge < -0.3 is 29.6 Å². The molecule has 0 spiro atoms. The van der Waals surface area contributed by atoms with E-state index in [4.69, 9.17) is 14.2 Å². The largest absolute Gasteiger partial charge is 0.511 e. The first kappa shape index (κ1) is 26.8. The molecule has 5 aromatic rings. The van der Waals surface area contributed by atoms with Gasteiger partial charge in [-0.1, -0.05) is 43.3 Å². The van der Waals surface area contributed by atoms with Gasteiger partial charge in [0.25, 0.3) is 0 Å². The third kappa shape index (κ3) is 5.74. The Morgan fingerprint density at radius 3 is 2.66 bits per heavy atom. The summed E-state index contributed by atoms with van der Waals surface area (Å²) in [7, 11) is 0. The lowest BCUT2D eigenvalue weighted by molar-refractivity contribution is 0.145. The smallest absolute Gasteiger partial charge is 0.449 e. The molecular weight excluding hydrogens is 520 g/mol. The molecule has 10 heteroatoms. The molecule has 0 saturated carbocycles. The first-order chi connectivity index (χ1) is 19.8. The van der Waals surface area contributed by atoms with Crippen LogP contribution in [0.1, 0.15) is 49.9 Å². The lowest BCUT2D eigenvalue weighted by Gasteiger charge is -2.23. The van der Waals surface area contributed by atoms with Crippen LogP contribution in [-0.2, 0) is 6.54 Å². The van der Waals surface area contributed by atoms with Gasteiger partial charge in [0.05, 0.1) is 5.52 Å². The van der Waals surface area contributed by atoms with Crippen molar-refractivity contribution in [2.24, 2.45) is 5.92 Å². The van der Waals surface area contributed by atoms with Crippen molar-refractivity contribution in [2.75, 3.05) is 25.0 Å². The highest BCUT2D eigenvalue weighted by atomic mass is 16.7. The summed E-state index contributed by atoms with van der Waals surface area (Å²) >= 11 is 0. The second kappa shape index (κ2) is 11.2. The van der Waals surface area contributed by atoms with Gasteiger partial charge in [0.15, 0.2) is 5.75 Å². The van der Waals surface area contributed by atoms with Crippen LogP contribution >= 0.6 is 0 Å². The van der Waals surface area contributed by atoms with Crippen molar-refractivity contribution in [2.45, 2.75) is 46.1 Å². The number of carbonyl (C=O) groups is 1. The van der Waals surface area contributed by atoms with Crippen LogP contribution in [0, 0.1) is 12.8 Å². The highest BCUT2D eigenvalue weighted by Gasteiger charge is 2.21. The summed E-state index contributed by atoms with van der Waals surface area (Å²) in [6, 6.07) is 16.3. The normalized spacial score (nSPS) is 14.2. The highest BCUT2D eigenvalue weighted by molar-refractivity contribution is 5.89. The minimum atomic E-state index is -1.36. The van der Waals surface area contributed by atoms with Gasteiger partial charge in [0.1, 0.15) is 11.3 Å². The zero-order valence-corrected chi connectivity index (χ0v) is 23.5. The molecule has 0 unspecified atom stereocenters. The molecule has 0 radical (unpaired) electrons. The number of ether oxygens (including phenoxy) is 1. The summed E-state index contributed by atoms with van der Waals surface area (Å²) in [4.78, 5) is 20.8. The number of imidazole rings is 1. The number of piperidine rings is 1. The van der Waals surface area contributed by atoms with Gasteiger partial charge >= 0.3 is 6.16 Å². The maximum absolute atomic E-state index is 11.6. The van der Waals surface area contributed by atoms with Gasteiger partial charge in [-0.05, 0) is 66.4 Å². The summed E-state index contributed by atoms with van der Waals surface area (Å²) in [6.07, 6.45) is 0.864. The predicted octanol–water partition coefficient (Wildman–Crippen LogP) is 6.19. The van der Waals surface area contributed by atoms with E-state index in [1.165, 1.54) is 0 Å². The molecule has 3 N–H and O–H groups in total. The Balaban J connectivity index is 1.38. The third-order valence-electron chi connectivity index (χ3n) is 7.65. The number of anilines is 1. The number of aryl methyl sites for hydroxylation is 1. The molecule has 3 heterocycles. The van der Waals surface area contributed by atoms with Crippen molar-refractivity contribution in [1.29, 1.82) is 0 Å². The predicted molar refractivity (Wildman–Crippen MR) is 158 cm³/mol. The summed E-state index contributed by atoms with van der Waals surface area (Å²) in [5, 5.41) is 22.7. The Hall–Kier alpha value is -4.44. The van der Waals surface area contributed by atoms with E-state index in [9.17, 15) is 9.90 Å². The van der Waals surface area contributed by atoms with Crippen molar-refractivity contribution in [3.8, 4) is 17.1 Å². The van der Waals surface area contributed by atoms with E-state index in [2.05, 4.69) is 75.6 Å². The monoisotopic (exact) mass is 554 g/mol. The topological polar surface area (TPSA) is 127 Å². The summed E-state index contributed by atoms with van der Waals surface area (Å²) in [5.41, 5.74) is 4.18. The molecular formula is C31H34N6O4. The van der Waals surface area contributed by atoms with Gasteiger partial charge in [-0.2, -0.15) is 4.98 Å². The molecule has 1 aliphatic rings. The zero-order valence-electron chi connectivity index (χ0n) is 23.5. The fourth-order valence-electron chi connectivity index (χ4n) is 5.57. The SMILES string of the molecule is Cc1nc(-c2ccc3ccc(Cn4c(C(C)C)nc5c(OC(=O)O)cc(NCC6CCNCC6)cc54)cc3c2)no1. The van der Waals surface area contributed by atoms with Crippen LogP contribution in [0.5, 0.6) is 5.75 Å². The summed E-state index contributed by atoms with van der Waals surface area (Å²) < 4.78 is 12.6. The number of benzene rings is 3. The maximum Gasteiger partial charge on any atom is 0.511 e. The number of nitrogens with zero attached hydrogens (tertiary/aromatic N) is 4. The van der Waals surface area contributed by atoms with Gasteiger partial charge in [-0.25, -0.2) is 9.78 Å². The Kier molecular flexibility index (Phi) is 7.32. The van der Waals surface area contributed by atoms with Crippen molar-refractivity contribution in [3.05, 3.63) is 65.8 Å². The van der Waals surface area contributed by atoms with E-state index in [0.717, 1.165) is 71.4 Å². The maximum atomic E-state index is 11.6. The number of fused-ring (bicyclic) bond motifs is 2.